The van der Waals surface area contributed by atoms with E-state index in [-0.39, 0.29) is 23.4 Å². The third kappa shape index (κ3) is 7.06. The lowest BCUT2D eigenvalue weighted by molar-refractivity contribution is -0.139. The summed E-state index contributed by atoms with van der Waals surface area (Å²) in [5.41, 5.74) is 3.31. The van der Waals surface area contributed by atoms with E-state index in [0.29, 0.717) is 5.69 Å². The molecule has 1 aliphatic carbocycles. The van der Waals surface area contributed by atoms with Gasteiger partial charge in [0, 0.05) is 12.6 Å². The van der Waals surface area contributed by atoms with E-state index >= 15 is 0 Å². The minimum Gasteiger partial charge on any atom is -0.352 e. The van der Waals surface area contributed by atoms with E-state index in [1.54, 1.807) is 37.3 Å². The van der Waals surface area contributed by atoms with Crippen molar-refractivity contribution in [2.45, 2.75) is 70.0 Å². The molecular formula is C31H37N3O4S. The summed E-state index contributed by atoms with van der Waals surface area (Å²) in [5, 5.41) is 3.09. The number of carbonyl (C=O) groups excluding carboxylic acids is 2. The standard InChI is InChI=1S/C31H37N3O4S/c1-23-13-17-26(18-14-23)21-33(25(3)31(36)32-27-9-7-8-10-27)30(35)22-34(28-19-15-24(2)16-20-28)39(37,38)29-11-5-4-6-12-29/h4-6,11-20,25,27H,7-10,21-22H2,1-3H3,(H,32,36)/t25-/m1/s1. The molecule has 7 nitrogen and oxygen atoms in total. The van der Waals surface area contributed by atoms with Crippen molar-refractivity contribution in [3.63, 3.8) is 0 Å². The van der Waals surface area contributed by atoms with Gasteiger partial charge in [-0.25, -0.2) is 8.42 Å². The molecule has 0 heterocycles. The Balaban J connectivity index is 1.66. The summed E-state index contributed by atoms with van der Waals surface area (Å²) in [6, 6.07) is 22.2. The van der Waals surface area contributed by atoms with Crippen LogP contribution >= 0.6 is 0 Å². The van der Waals surface area contributed by atoms with Crippen molar-refractivity contribution in [2.75, 3.05) is 10.8 Å². The maximum Gasteiger partial charge on any atom is 0.264 e. The summed E-state index contributed by atoms with van der Waals surface area (Å²) in [7, 11) is -4.05. The molecule has 1 aliphatic rings. The Bertz CT molecular complexity index is 1370. The lowest BCUT2D eigenvalue weighted by Gasteiger charge is -2.32. The maximum atomic E-state index is 14.0. The van der Waals surface area contributed by atoms with Crippen molar-refractivity contribution in [3.8, 4) is 0 Å². The molecule has 206 valence electrons. The van der Waals surface area contributed by atoms with Crippen LogP contribution in [0, 0.1) is 13.8 Å². The number of nitrogens with zero attached hydrogens (tertiary/aromatic N) is 2. The Kier molecular flexibility index (Phi) is 9.07. The number of nitrogens with one attached hydrogen (secondary N) is 1. The van der Waals surface area contributed by atoms with Crippen LogP contribution in [-0.2, 0) is 26.2 Å². The number of anilines is 1. The highest BCUT2D eigenvalue weighted by molar-refractivity contribution is 7.92. The van der Waals surface area contributed by atoms with Crippen molar-refractivity contribution < 1.29 is 18.0 Å². The summed E-state index contributed by atoms with van der Waals surface area (Å²) in [6.45, 7) is 5.36. The summed E-state index contributed by atoms with van der Waals surface area (Å²) >= 11 is 0. The summed E-state index contributed by atoms with van der Waals surface area (Å²) < 4.78 is 28.7. The average molecular weight is 548 g/mol. The van der Waals surface area contributed by atoms with Crippen molar-refractivity contribution in [2.24, 2.45) is 0 Å². The van der Waals surface area contributed by atoms with Crippen LogP contribution in [0.4, 0.5) is 5.69 Å². The molecule has 4 rings (SSSR count). The van der Waals surface area contributed by atoms with Gasteiger partial charge in [-0.1, -0.05) is 78.6 Å². The number of sulfonamides is 1. The van der Waals surface area contributed by atoms with Crippen LogP contribution in [0.25, 0.3) is 0 Å². The van der Waals surface area contributed by atoms with Crippen molar-refractivity contribution in [1.29, 1.82) is 0 Å². The van der Waals surface area contributed by atoms with E-state index < -0.39 is 28.5 Å². The predicted molar refractivity (Wildman–Crippen MR) is 154 cm³/mol. The predicted octanol–water partition coefficient (Wildman–Crippen LogP) is 4.97. The van der Waals surface area contributed by atoms with E-state index in [9.17, 15) is 18.0 Å². The Morgan fingerprint density at radius 1 is 0.872 bits per heavy atom. The van der Waals surface area contributed by atoms with Crippen LogP contribution < -0.4 is 9.62 Å². The van der Waals surface area contributed by atoms with Crippen LogP contribution in [0.3, 0.4) is 0 Å². The normalized spacial score (nSPS) is 14.5. The average Bonchev–Trinajstić information content (AvgIpc) is 3.45. The second kappa shape index (κ2) is 12.5. The third-order valence-electron chi connectivity index (χ3n) is 7.27. The molecule has 1 saturated carbocycles. The number of carbonyl (C=O) groups is 2. The maximum absolute atomic E-state index is 14.0. The van der Waals surface area contributed by atoms with Crippen LogP contribution in [0.2, 0.25) is 0 Å². The number of benzene rings is 3. The number of amides is 2. The largest absolute Gasteiger partial charge is 0.352 e. The Morgan fingerprint density at radius 2 is 1.44 bits per heavy atom. The fourth-order valence-corrected chi connectivity index (χ4v) is 6.26. The molecule has 0 aromatic heterocycles. The van der Waals surface area contributed by atoms with Crippen LogP contribution in [0.1, 0.15) is 49.3 Å². The zero-order valence-electron chi connectivity index (χ0n) is 22.8. The van der Waals surface area contributed by atoms with Gasteiger partial charge in [0.05, 0.1) is 10.6 Å². The topological polar surface area (TPSA) is 86.8 Å². The molecular weight excluding hydrogens is 510 g/mol. The first kappa shape index (κ1) is 28.4. The summed E-state index contributed by atoms with van der Waals surface area (Å²) in [4.78, 5) is 28.8. The molecule has 2 amide bonds. The second-order valence-electron chi connectivity index (χ2n) is 10.3. The van der Waals surface area contributed by atoms with Gasteiger partial charge in [0.2, 0.25) is 11.8 Å². The lowest BCUT2D eigenvalue weighted by atomic mass is 10.1. The second-order valence-corrected chi connectivity index (χ2v) is 12.2. The van der Waals surface area contributed by atoms with E-state index in [0.717, 1.165) is 46.7 Å². The summed E-state index contributed by atoms with van der Waals surface area (Å²) in [6.07, 6.45) is 4.02. The fourth-order valence-electron chi connectivity index (χ4n) is 4.82. The SMILES string of the molecule is Cc1ccc(CN(C(=O)CN(c2ccc(C)cc2)S(=O)(=O)c2ccccc2)[C@H](C)C(=O)NC2CCCC2)cc1. The quantitative estimate of drug-likeness (QED) is 0.388. The van der Waals surface area contributed by atoms with Gasteiger partial charge in [0.25, 0.3) is 10.0 Å². The van der Waals surface area contributed by atoms with E-state index in [1.165, 1.54) is 17.0 Å². The molecule has 1 fully saturated rings. The molecule has 0 radical (unpaired) electrons. The Morgan fingerprint density at radius 3 is 2.03 bits per heavy atom. The third-order valence-corrected chi connectivity index (χ3v) is 9.06. The van der Waals surface area contributed by atoms with Crippen molar-refractivity contribution >= 4 is 27.5 Å². The van der Waals surface area contributed by atoms with E-state index in [4.69, 9.17) is 0 Å². The first-order chi connectivity index (χ1) is 18.6. The van der Waals surface area contributed by atoms with Gasteiger partial charge < -0.3 is 10.2 Å². The zero-order valence-corrected chi connectivity index (χ0v) is 23.7. The Labute approximate surface area is 231 Å². The van der Waals surface area contributed by atoms with Crippen molar-refractivity contribution in [3.05, 3.63) is 95.6 Å². The lowest BCUT2D eigenvalue weighted by Crippen LogP contribution is -2.52. The molecule has 0 unspecified atom stereocenters. The molecule has 3 aromatic carbocycles. The number of hydrogen-bond acceptors (Lipinski definition) is 4. The molecule has 1 atom stereocenters. The van der Waals surface area contributed by atoms with Crippen LogP contribution in [0.5, 0.6) is 0 Å². The monoisotopic (exact) mass is 547 g/mol. The smallest absolute Gasteiger partial charge is 0.264 e. The zero-order chi connectivity index (χ0) is 28.0. The van der Waals surface area contributed by atoms with Gasteiger partial charge in [-0.3, -0.25) is 13.9 Å². The molecule has 1 N–H and O–H groups in total. The van der Waals surface area contributed by atoms with E-state index in [2.05, 4.69) is 5.32 Å². The Hall–Kier alpha value is -3.65. The van der Waals surface area contributed by atoms with Gasteiger partial charge in [-0.2, -0.15) is 0 Å². The number of aryl methyl sites for hydroxylation is 2. The fraction of sp³-hybridized carbons (Fsp3) is 0.355. The molecule has 0 bridgehead atoms. The highest BCUT2D eigenvalue weighted by Crippen LogP contribution is 2.25. The number of hydrogen-bond donors (Lipinski definition) is 1. The minimum absolute atomic E-state index is 0.0930. The van der Waals surface area contributed by atoms with Gasteiger partial charge >= 0.3 is 0 Å². The number of rotatable bonds is 10. The minimum atomic E-state index is -4.05. The molecule has 0 aliphatic heterocycles. The van der Waals surface area contributed by atoms with Gasteiger partial charge in [0.15, 0.2) is 0 Å². The van der Waals surface area contributed by atoms with E-state index in [1.807, 2.05) is 50.2 Å². The highest BCUT2D eigenvalue weighted by Gasteiger charge is 2.33. The van der Waals surface area contributed by atoms with Crippen molar-refractivity contribution in [1.82, 2.24) is 10.2 Å². The van der Waals surface area contributed by atoms with Gasteiger partial charge in [-0.05, 0) is 63.4 Å². The first-order valence-electron chi connectivity index (χ1n) is 13.4. The molecule has 8 heteroatoms. The molecule has 39 heavy (non-hydrogen) atoms. The highest BCUT2D eigenvalue weighted by atomic mass is 32.2. The van der Waals surface area contributed by atoms with Crippen LogP contribution in [-0.4, -0.2) is 43.8 Å². The molecule has 0 spiro atoms. The summed E-state index contributed by atoms with van der Waals surface area (Å²) in [5.74, 6) is -0.681. The molecule has 0 saturated heterocycles. The molecule has 3 aromatic rings. The van der Waals surface area contributed by atoms with Gasteiger partial charge in [-0.15, -0.1) is 0 Å². The van der Waals surface area contributed by atoms with Gasteiger partial charge in [0.1, 0.15) is 12.6 Å². The van der Waals surface area contributed by atoms with Crippen LogP contribution in [0.15, 0.2) is 83.8 Å². The first-order valence-corrected chi connectivity index (χ1v) is 14.9.